The van der Waals surface area contributed by atoms with Gasteiger partial charge < -0.3 is 5.73 Å². The smallest absolute Gasteiger partial charge is 0.350 e. The van der Waals surface area contributed by atoms with E-state index in [4.69, 9.17) is 0 Å². The molecule has 9 heteroatoms. The first-order chi connectivity index (χ1) is 8.21. The van der Waals surface area contributed by atoms with Gasteiger partial charge in [-0.15, -0.1) is 0 Å². The number of primary amides is 1. The fraction of sp³-hybridized carbons (Fsp3) is 0.111. The minimum absolute atomic E-state index is 0.175. The molecule has 0 saturated carbocycles. The summed E-state index contributed by atoms with van der Waals surface area (Å²) < 4.78 is 38.2. The van der Waals surface area contributed by atoms with Gasteiger partial charge >= 0.3 is 12.2 Å². The molecule has 0 saturated heterocycles. The first kappa shape index (κ1) is 14.3. The van der Waals surface area contributed by atoms with Crippen LogP contribution in [0, 0.1) is 0 Å². The molecule has 98 valence electrons. The molecule has 4 N–H and O–H groups in total. The monoisotopic (exact) mass is 325 g/mol. The molecule has 0 unspecified atom stereocenters. The van der Waals surface area contributed by atoms with Crippen molar-refractivity contribution in [3.8, 4) is 0 Å². The number of hydrogen-bond acceptors (Lipinski definition) is 2. The maximum atomic E-state index is 12.7. The molecule has 0 atom stereocenters. The maximum Gasteiger partial charge on any atom is 0.417 e. The van der Waals surface area contributed by atoms with E-state index in [1.165, 1.54) is 6.07 Å². The van der Waals surface area contributed by atoms with Gasteiger partial charge in [-0.2, -0.15) is 13.2 Å². The maximum absolute atomic E-state index is 12.7. The van der Waals surface area contributed by atoms with Gasteiger partial charge in [0.25, 0.3) is 5.91 Å². The summed E-state index contributed by atoms with van der Waals surface area (Å²) in [7, 11) is 0. The highest BCUT2D eigenvalue weighted by Crippen LogP contribution is 2.33. The van der Waals surface area contributed by atoms with Gasteiger partial charge in [-0.05, 0) is 18.2 Å². The highest BCUT2D eigenvalue weighted by molar-refractivity contribution is 9.10. The summed E-state index contributed by atoms with van der Waals surface area (Å²) >= 11 is 2.88. The van der Waals surface area contributed by atoms with Crippen LogP contribution in [0.3, 0.4) is 0 Å². The zero-order valence-electron chi connectivity index (χ0n) is 8.64. The minimum atomic E-state index is -4.69. The molecule has 0 heterocycles. The Morgan fingerprint density at radius 2 is 1.83 bits per heavy atom. The van der Waals surface area contributed by atoms with Crippen molar-refractivity contribution in [2.75, 3.05) is 0 Å². The number of alkyl halides is 3. The summed E-state index contributed by atoms with van der Waals surface area (Å²) in [6.07, 6.45) is -4.69. The Balaban J connectivity index is 3.08. The molecule has 18 heavy (non-hydrogen) atoms. The van der Waals surface area contributed by atoms with Crippen LogP contribution in [-0.2, 0) is 6.18 Å². The number of rotatable bonds is 1. The number of urea groups is 1. The van der Waals surface area contributed by atoms with Crippen LogP contribution in [-0.4, -0.2) is 11.9 Å². The summed E-state index contributed by atoms with van der Waals surface area (Å²) in [6.45, 7) is 0. The van der Waals surface area contributed by atoms with E-state index in [0.29, 0.717) is 0 Å². The summed E-state index contributed by atoms with van der Waals surface area (Å²) in [4.78, 5) is 21.8. The number of carbonyl (C=O) groups is 2. The number of nitrogens with one attached hydrogen (secondary N) is 2. The van der Waals surface area contributed by atoms with E-state index < -0.39 is 29.2 Å². The third-order valence-electron chi connectivity index (χ3n) is 1.83. The minimum Gasteiger partial charge on any atom is -0.350 e. The van der Waals surface area contributed by atoms with Crippen molar-refractivity contribution in [2.45, 2.75) is 6.18 Å². The van der Waals surface area contributed by atoms with Crippen molar-refractivity contribution >= 4 is 27.9 Å². The Morgan fingerprint density at radius 3 is 2.33 bits per heavy atom. The van der Waals surface area contributed by atoms with Crippen molar-refractivity contribution in [3.05, 3.63) is 33.8 Å². The number of halogens is 4. The molecule has 5 nitrogen and oxygen atoms in total. The molecule has 0 radical (unpaired) electrons. The molecule has 0 spiro atoms. The second kappa shape index (κ2) is 5.25. The van der Waals surface area contributed by atoms with Crippen molar-refractivity contribution in [2.24, 2.45) is 5.73 Å². The predicted octanol–water partition coefficient (Wildman–Crippen LogP) is 1.78. The number of hydrazine groups is 1. The topological polar surface area (TPSA) is 84.2 Å². The van der Waals surface area contributed by atoms with Crippen LogP contribution >= 0.6 is 15.9 Å². The van der Waals surface area contributed by atoms with E-state index in [-0.39, 0.29) is 4.47 Å². The molecule has 0 aromatic heterocycles. The molecule has 1 aromatic rings. The molecule has 3 amide bonds. The quantitative estimate of drug-likeness (QED) is 0.688. The molecular weight excluding hydrogens is 319 g/mol. The van der Waals surface area contributed by atoms with Crippen LogP contribution in [0.2, 0.25) is 0 Å². The molecule has 1 rings (SSSR count). The zero-order valence-corrected chi connectivity index (χ0v) is 10.2. The van der Waals surface area contributed by atoms with E-state index in [2.05, 4.69) is 21.7 Å². The van der Waals surface area contributed by atoms with Gasteiger partial charge in [0.15, 0.2) is 0 Å². The third-order valence-corrected chi connectivity index (χ3v) is 2.32. The fourth-order valence-electron chi connectivity index (χ4n) is 1.13. The normalized spacial score (nSPS) is 10.9. The molecular formula is C9H7BrF3N3O2. The lowest BCUT2D eigenvalue weighted by Gasteiger charge is -2.13. The van der Waals surface area contributed by atoms with Gasteiger partial charge in [-0.3, -0.25) is 10.2 Å². The number of amides is 3. The summed E-state index contributed by atoms with van der Waals surface area (Å²) in [6, 6.07) is 1.92. The first-order valence-corrected chi connectivity index (χ1v) is 5.23. The number of nitrogens with two attached hydrogens (primary N) is 1. The van der Waals surface area contributed by atoms with E-state index in [9.17, 15) is 22.8 Å². The summed E-state index contributed by atoms with van der Waals surface area (Å²) in [5.41, 5.74) is 6.37. The van der Waals surface area contributed by atoms with Gasteiger partial charge in [0.1, 0.15) is 0 Å². The van der Waals surface area contributed by atoms with E-state index in [1.807, 2.05) is 0 Å². The zero-order chi connectivity index (χ0) is 13.9. The van der Waals surface area contributed by atoms with E-state index in [1.54, 1.807) is 10.9 Å². The van der Waals surface area contributed by atoms with Crippen molar-refractivity contribution in [1.29, 1.82) is 0 Å². The van der Waals surface area contributed by atoms with Gasteiger partial charge in [-0.25, -0.2) is 10.2 Å². The number of hydrogen-bond donors (Lipinski definition) is 3. The van der Waals surface area contributed by atoms with Crippen LogP contribution in [0.15, 0.2) is 22.7 Å². The Kier molecular flexibility index (Phi) is 4.17. The Bertz CT molecular complexity index is 490. The van der Waals surface area contributed by atoms with E-state index in [0.717, 1.165) is 12.1 Å². The lowest BCUT2D eigenvalue weighted by Crippen LogP contribution is -2.44. The number of carbonyl (C=O) groups excluding carboxylic acids is 2. The van der Waals surface area contributed by atoms with E-state index >= 15 is 0 Å². The summed E-state index contributed by atoms with van der Waals surface area (Å²) in [5.74, 6) is -1.12. The van der Waals surface area contributed by atoms with Gasteiger partial charge in [0.2, 0.25) is 0 Å². The average molecular weight is 326 g/mol. The van der Waals surface area contributed by atoms with Crippen molar-refractivity contribution in [3.63, 3.8) is 0 Å². The van der Waals surface area contributed by atoms with Crippen LogP contribution in [0.25, 0.3) is 0 Å². The molecule has 0 aliphatic heterocycles. The van der Waals surface area contributed by atoms with Crippen molar-refractivity contribution < 1.29 is 22.8 Å². The lowest BCUT2D eigenvalue weighted by atomic mass is 10.1. The lowest BCUT2D eigenvalue weighted by molar-refractivity contribution is -0.138. The van der Waals surface area contributed by atoms with Crippen LogP contribution in [0.1, 0.15) is 15.9 Å². The molecule has 0 aliphatic rings. The fourth-order valence-corrected chi connectivity index (χ4v) is 1.50. The second-order valence-electron chi connectivity index (χ2n) is 3.13. The molecule has 0 bridgehead atoms. The standard InChI is InChI=1S/C9H7BrF3N3O2/c10-4-1-2-5(6(3-4)9(11,12)13)7(17)15-16-8(14)18/h1-3H,(H,15,17)(H3,14,16,18). The van der Waals surface area contributed by atoms with Gasteiger partial charge in [0, 0.05) is 4.47 Å². The average Bonchev–Trinajstić information content (AvgIpc) is 2.24. The highest BCUT2D eigenvalue weighted by Gasteiger charge is 2.35. The third kappa shape index (κ3) is 3.62. The van der Waals surface area contributed by atoms with Crippen molar-refractivity contribution in [1.82, 2.24) is 10.9 Å². The Labute approximate surface area is 108 Å². The largest absolute Gasteiger partial charge is 0.417 e. The predicted molar refractivity (Wildman–Crippen MR) is 59.3 cm³/mol. The molecule has 1 aromatic carbocycles. The Morgan fingerprint density at radius 1 is 1.22 bits per heavy atom. The van der Waals surface area contributed by atoms with Crippen LogP contribution in [0.5, 0.6) is 0 Å². The number of benzene rings is 1. The highest BCUT2D eigenvalue weighted by atomic mass is 79.9. The van der Waals surface area contributed by atoms with Crippen LogP contribution < -0.4 is 16.6 Å². The Hall–Kier alpha value is -1.77. The van der Waals surface area contributed by atoms with Gasteiger partial charge in [0.05, 0.1) is 11.1 Å². The molecule has 0 aliphatic carbocycles. The van der Waals surface area contributed by atoms with Crippen LogP contribution in [0.4, 0.5) is 18.0 Å². The SMILES string of the molecule is NC(=O)NNC(=O)c1ccc(Br)cc1C(F)(F)F. The van der Waals surface area contributed by atoms with Gasteiger partial charge in [-0.1, -0.05) is 15.9 Å². The summed E-state index contributed by atoms with van der Waals surface area (Å²) in [5, 5.41) is 0. The first-order valence-electron chi connectivity index (χ1n) is 4.44. The molecule has 0 fully saturated rings. The second-order valence-corrected chi connectivity index (χ2v) is 4.05.